The molecule has 2 fully saturated rings. The first kappa shape index (κ1) is 20.5. The lowest BCUT2D eigenvalue weighted by molar-refractivity contribution is 0.208. The highest BCUT2D eigenvalue weighted by molar-refractivity contribution is 5.90. The summed E-state index contributed by atoms with van der Waals surface area (Å²) in [4.78, 5) is 21.5. The van der Waals surface area contributed by atoms with Crippen molar-refractivity contribution in [2.45, 2.75) is 39.0 Å². The number of benzene rings is 2. The van der Waals surface area contributed by atoms with Gasteiger partial charge in [-0.2, -0.15) is 4.98 Å². The molecule has 1 N–H and O–H groups in total. The number of anilines is 2. The number of aromatic nitrogens is 2. The van der Waals surface area contributed by atoms with Gasteiger partial charge in [-0.25, -0.2) is 4.79 Å². The minimum absolute atomic E-state index is 0.0358. The smallest absolute Gasteiger partial charge is 0.321 e. The first-order chi connectivity index (χ1) is 15.6. The van der Waals surface area contributed by atoms with Gasteiger partial charge in [0.1, 0.15) is 0 Å². The number of rotatable bonds is 4. The summed E-state index contributed by atoms with van der Waals surface area (Å²) in [5.74, 6) is 1.87. The molecule has 2 heterocycles. The fraction of sp³-hybridized carbons (Fsp3) is 0.400. The maximum Gasteiger partial charge on any atom is 0.321 e. The van der Waals surface area contributed by atoms with E-state index in [9.17, 15) is 4.79 Å². The number of nitrogens with one attached hydrogen (secondary N) is 1. The molecule has 3 aromatic rings. The zero-order chi connectivity index (χ0) is 22.1. The zero-order valence-corrected chi connectivity index (χ0v) is 18.7. The largest absolute Gasteiger partial charge is 0.368 e. The van der Waals surface area contributed by atoms with Crippen molar-refractivity contribution in [3.8, 4) is 11.4 Å². The highest BCUT2D eigenvalue weighted by atomic mass is 16.5. The average molecular weight is 432 g/mol. The zero-order valence-electron chi connectivity index (χ0n) is 18.7. The number of aryl methyl sites for hydroxylation is 2. The Morgan fingerprint density at radius 3 is 2.44 bits per heavy atom. The number of nitrogens with zero attached hydrogens (tertiary/aromatic N) is 4. The molecule has 0 radical (unpaired) electrons. The molecule has 7 heteroatoms. The molecule has 1 saturated heterocycles. The van der Waals surface area contributed by atoms with Crippen LogP contribution in [-0.2, 0) is 0 Å². The predicted octanol–water partition coefficient (Wildman–Crippen LogP) is 4.98. The number of carbonyl (C=O) groups is 1. The number of urea groups is 1. The van der Waals surface area contributed by atoms with Crippen molar-refractivity contribution in [2.24, 2.45) is 0 Å². The summed E-state index contributed by atoms with van der Waals surface area (Å²) >= 11 is 0. The van der Waals surface area contributed by atoms with Gasteiger partial charge in [0, 0.05) is 49.0 Å². The van der Waals surface area contributed by atoms with E-state index in [-0.39, 0.29) is 6.03 Å². The summed E-state index contributed by atoms with van der Waals surface area (Å²) in [6, 6.07) is 14.3. The van der Waals surface area contributed by atoms with E-state index in [1.807, 2.05) is 36.1 Å². The summed E-state index contributed by atoms with van der Waals surface area (Å²) in [7, 11) is 0. The molecule has 2 aliphatic rings. The van der Waals surface area contributed by atoms with Crippen LogP contribution in [0.4, 0.5) is 16.2 Å². The maximum absolute atomic E-state index is 12.7. The number of amides is 2. The van der Waals surface area contributed by atoms with Crippen LogP contribution in [0.3, 0.4) is 0 Å². The molecule has 0 unspecified atom stereocenters. The number of hydrogen-bond acceptors (Lipinski definition) is 5. The van der Waals surface area contributed by atoms with Crippen molar-refractivity contribution in [3.05, 3.63) is 59.5 Å². The lowest BCUT2D eigenvalue weighted by Crippen LogP contribution is -2.50. The van der Waals surface area contributed by atoms with Gasteiger partial charge in [-0.3, -0.25) is 0 Å². The van der Waals surface area contributed by atoms with Crippen molar-refractivity contribution >= 4 is 17.4 Å². The van der Waals surface area contributed by atoms with Crippen molar-refractivity contribution in [1.82, 2.24) is 15.0 Å². The van der Waals surface area contributed by atoms with Crippen LogP contribution in [0.15, 0.2) is 47.0 Å². The molecule has 0 bridgehead atoms. The predicted molar refractivity (Wildman–Crippen MR) is 125 cm³/mol. The second-order valence-electron chi connectivity index (χ2n) is 8.85. The van der Waals surface area contributed by atoms with Gasteiger partial charge in [0.2, 0.25) is 11.7 Å². The van der Waals surface area contributed by atoms with Crippen LogP contribution in [0.5, 0.6) is 0 Å². The van der Waals surface area contributed by atoms with Crippen molar-refractivity contribution in [3.63, 3.8) is 0 Å². The Hall–Kier alpha value is -3.35. The van der Waals surface area contributed by atoms with Gasteiger partial charge in [0.05, 0.1) is 0 Å². The molecular formula is C25H29N5O2. The fourth-order valence-corrected chi connectivity index (χ4v) is 4.31. The first-order valence-corrected chi connectivity index (χ1v) is 11.4. The third-order valence-electron chi connectivity index (χ3n) is 6.58. The summed E-state index contributed by atoms with van der Waals surface area (Å²) in [6.07, 6.45) is 3.54. The summed E-state index contributed by atoms with van der Waals surface area (Å²) in [6.45, 7) is 7.05. The van der Waals surface area contributed by atoms with Crippen LogP contribution in [0, 0.1) is 13.8 Å². The Morgan fingerprint density at radius 1 is 1.03 bits per heavy atom. The quantitative estimate of drug-likeness (QED) is 0.631. The molecule has 32 heavy (non-hydrogen) atoms. The standard InChI is InChI=1S/C25H29N5O2/c1-17-6-11-22(18(2)16-17)26-25(31)30-14-12-29(13-15-30)21-9-7-19(8-10-21)23-27-24(32-28-23)20-4-3-5-20/h6-11,16,20H,3-5,12-15H2,1-2H3,(H,26,31). The van der Waals surface area contributed by atoms with Crippen molar-refractivity contribution < 1.29 is 9.32 Å². The van der Waals surface area contributed by atoms with Crippen LogP contribution in [0.2, 0.25) is 0 Å². The fourth-order valence-electron chi connectivity index (χ4n) is 4.31. The van der Waals surface area contributed by atoms with E-state index in [1.54, 1.807) is 0 Å². The molecule has 2 amide bonds. The normalized spacial score (nSPS) is 16.7. The second-order valence-corrected chi connectivity index (χ2v) is 8.85. The molecule has 1 aromatic heterocycles. The minimum Gasteiger partial charge on any atom is -0.368 e. The minimum atomic E-state index is -0.0358. The van der Waals surface area contributed by atoms with Crippen LogP contribution in [0.25, 0.3) is 11.4 Å². The lowest BCUT2D eigenvalue weighted by atomic mass is 9.85. The molecule has 1 saturated carbocycles. The summed E-state index contributed by atoms with van der Waals surface area (Å²) in [5, 5.41) is 7.21. The summed E-state index contributed by atoms with van der Waals surface area (Å²) < 4.78 is 5.44. The number of carbonyl (C=O) groups excluding carboxylic acids is 1. The third-order valence-corrected chi connectivity index (χ3v) is 6.58. The molecule has 0 spiro atoms. The molecule has 7 nitrogen and oxygen atoms in total. The third kappa shape index (κ3) is 4.20. The molecule has 0 atom stereocenters. The van der Waals surface area contributed by atoms with E-state index in [4.69, 9.17) is 4.52 Å². The van der Waals surface area contributed by atoms with E-state index >= 15 is 0 Å². The highest BCUT2D eigenvalue weighted by Gasteiger charge is 2.26. The number of piperazine rings is 1. The van der Waals surface area contributed by atoms with E-state index in [2.05, 4.69) is 45.5 Å². The summed E-state index contributed by atoms with van der Waals surface area (Å²) in [5.41, 5.74) is 5.26. The van der Waals surface area contributed by atoms with Gasteiger partial charge in [-0.15, -0.1) is 0 Å². The van der Waals surface area contributed by atoms with E-state index < -0.39 is 0 Å². The Balaban J connectivity index is 1.17. The molecule has 5 rings (SSSR count). The van der Waals surface area contributed by atoms with Gasteiger partial charge >= 0.3 is 6.03 Å². The topological polar surface area (TPSA) is 74.5 Å². The molecule has 1 aliphatic carbocycles. The monoisotopic (exact) mass is 431 g/mol. The van der Waals surface area contributed by atoms with Crippen molar-refractivity contribution in [1.29, 1.82) is 0 Å². The van der Waals surface area contributed by atoms with Gasteiger partial charge < -0.3 is 19.6 Å². The van der Waals surface area contributed by atoms with Gasteiger partial charge in [0.25, 0.3) is 0 Å². The Bertz CT molecular complexity index is 1100. The molecular weight excluding hydrogens is 402 g/mol. The Labute approximate surface area is 188 Å². The first-order valence-electron chi connectivity index (χ1n) is 11.4. The van der Waals surface area contributed by atoms with Crippen LogP contribution in [-0.4, -0.2) is 47.3 Å². The number of hydrogen-bond donors (Lipinski definition) is 1. The maximum atomic E-state index is 12.7. The van der Waals surface area contributed by atoms with Gasteiger partial charge in [-0.05, 0) is 62.6 Å². The van der Waals surface area contributed by atoms with Gasteiger partial charge in [-0.1, -0.05) is 29.3 Å². The highest BCUT2D eigenvalue weighted by Crippen LogP contribution is 2.36. The van der Waals surface area contributed by atoms with E-state index in [0.717, 1.165) is 54.3 Å². The Morgan fingerprint density at radius 2 is 1.78 bits per heavy atom. The SMILES string of the molecule is Cc1ccc(NC(=O)N2CCN(c3ccc(-c4noc(C5CCC5)n4)cc3)CC2)c(C)c1. The molecule has 166 valence electrons. The van der Waals surface area contributed by atoms with Gasteiger partial charge in [0.15, 0.2) is 0 Å². The van der Waals surface area contributed by atoms with Crippen molar-refractivity contribution in [2.75, 3.05) is 36.4 Å². The molecule has 2 aromatic carbocycles. The second kappa shape index (κ2) is 8.65. The van der Waals surface area contributed by atoms with E-state index in [1.165, 1.54) is 12.0 Å². The molecule has 1 aliphatic heterocycles. The van der Waals surface area contributed by atoms with E-state index in [0.29, 0.717) is 24.8 Å². The van der Waals surface area contributed by atoms with Crippen LogP contribution in [0.1, 0.15) is 42.2 Å². The average Bonchev–Trinajstić information content (AvgIpc) is 3.24. The lowest BCUT2D eigenvalue weighted by Gasteiger charge is -2.36. The van der Waals surface area contributed by atoms with Crippen LogP contribution >= 0.6 is 0 Å². The Kier molecular flexibility index (Phi) is 5.55. The van der Waals surface area contributed by atoms with Crippen LogP contribution < -0.4 is 10.2 Å².